The average Bonchev–Trinajstić information content (AvgIpc) is 2.37. The molecule has 0 N–H and O–H groups in total. The van der Waals surface area contributed by atoms with Crippen LogP contribution in [0.25, 0.3) is 0 Å². The van der Waals surface area contributed by atoms with Gasteiger partial charge in [-0.05, 0) is 48.1 Å². The van der Waals surface area contributed by atoms with Crippen molar-refractivity contribution in [3.8, 4) is 0 Å². The average molecular weight is 243 g/mol. The number of benzene rings is 1. The van der Waals surface area contributed by atoms with Gasteiger partial charge in [-0.15, -0.1) is 0 Å². The minimum absolute atomic E-state index is 0.446. The maximum absolute atomic E-state index is 10.1. The van der Waals surface area contributed by atoms with Crippen LogP contribution in [0.1, 0.15) is 56.6 Å². The molecule has 0 bridgehead atoms. The van der Waals surface area contributed by atoms with Crippen LogP contribution in [0.4, 0.5) is 0 Å². The van der Waals surface area contributed by atoms with Gasteiger partial charge in [-0.2, -0.15) is 0 Å². The van der Waals surface area contributed by atoms with Crippen LogP contribution < -0.4 is 0 Å². The molecule has 0 radical (unpaired) electrons. The summed E-state index contributed by atoms with van der Waals surface area (Å²) in [6, 6.07) is 8.54. The second kappa shape index (κ2) is 5.49. The highest BCUT2D eigenvalue weighted by atomic mass is 16.1. The third kappa shape index (κ3) is 3.30. The van der Waals surface area contributed by atoms with Crippen molar-refractivity contribution in [1.29, 1.82) is 0 Å². The van der Waals surface area contributed by atoms with Crippen LogP contribution in [0.3, 0.4) is 0 Å². The van der Waals surface area contributed by atoms with E-state index in [9.17, 15) is 4.79 Å². The van der Waals surface area contributed by atoms with Crippen molar-refractivity contribution in [3.05, 3.63) is 35.4 Å². The molecule has 0 aromatic heterocycles. The van der Waals surface area contributed by atoms with Crippen molar-refractivity contribution in [3.63, 3.8) is 0 Å². The molecule has 1 aliphatic carbocycles. The van der Waals surface area contributed by atoms with Crippen molar-refractivity contribution < 1.29 is 4.79 Å². The van der Waals surface area contributed by atoms with Crippen molar-refractivity contribution in [2.75, 3.05) is 0 Å². The third-order valence-electron chi connectivity index (χ3n) is 4.12. The molecule has 0 unspecified atom stereocenters. The number of aliphatic imine (C=N–C) groups is 1. The maximum Gasteiger partial charge on any atom is 0.235 e. The van der Waals surface area contributed by atoms with E-state index in [0.717, 1.165) is 5.56 Å². The molecule has 1 aromatic rings. The molecule has 1 fully saturated rings. The van der Waals surface area contributed by atoms with Crippen molar-refractivity contribution in [2.24, 2.45) is 10.4 Å². The molecule has 1 aromatic carbocycles. The summed E-state index contributed by atoms with van der Waals surface area (Å²) in [5, 5.41) is 0. The fourth-order valence-electron chi connectivity index (χ4n) is 2.75. The molecular formula is C16H21NO. The molecule has 1 saturated carbocycles. The predicted octanol–water partition coefficient (Wildman–Crippen LogP) is 4.21. The Kier molecular flexibility index (Phi) is 3.98. The number of nitrogens with zero attached hydrogens (tertiary/aromatic N) is 1. The highest BCUT2D eigenvalue weighted by Gasteiger charge is 2.27. The number of hydrogen-bond acceptors (Lipinski definition) is 2. The molecule has 1 aliphatic rings. The van der Waals surface area contributed by atoms with Crippen LogP contribution in [-0.2, 0) is 11.3 Å². The minimum Gasteiger partial charge on any atom is -0.211 e. The predicted molar refractivity (Wildman–Crippen MR) is 73.3 cm³/mol. The summed E-state index contributed by atoms with van der Waals surface area (Å²) in [5.74, 6) is 0.710. The van der Waals surface area contributed by atoms with Crippen LogP contribution in [0, 0.1) is 5.41 Å². The van der Waals surface area contributed by atoms with Gasteiger partial charge >= 0.3 is 0 Å². The molecule has 0 heterocycles. The van der Waals surface area contributed by atoms with E-state index < -0.39 is 0 Å². The Bertz CT molecular complexity index is 431. The lowest BCUT2D eigenvalue weighted by Gasteiger charge is -2.34. The highest BCUT2D eigenvalue weighted by molar-refractivity contribution is 5.34. The highest BCUT2D eigenvalue weighted by Crippen LogP contribution is 2.42. The van der Waals surface area contributed by atoms with E-state index in [-0.39, 0.29) is 0 Å². The van der Waals surface area contributed by atoms with Crippen LogP contribution in [0.15, 0.2) is 29.3 Å². The monoisotopic (exact) mass is 243 g/mol. The molecule has 0 amide bonds. The summed E-state index contributed by atoms with van der Waals surface area (Å²) in [7, 11) is 0. The van der Waals surface area contributed by atoms with Gasteiger partial charge < -0.3 is 0 Å². The van der Waals surface area contributed by atoms with Gasteiger partial charge in [0.05, 0.1) is 6.54 Å². The zero-order chi connectivity index (χ0) is 13.0. The smallest absolute Gasteiger partial charge is 0.211 e. The topological polar surface area (TPSA) is 29.4 Å². The van der Waals surface area contributed by atoms with Crippen molar-refractivity contribution in [1.82, 2.24) is 0 Å². The Balaban J connectivity index is 2.00. The van der Waals surface area contributed by atoms with E-state index in [2.05, 4.69) is 43.1 Å². The molecule has 18 heavy (non-hydrogen) atoms. The summed E-state index contributed by atoms with van der Waals surface area (Å²) in [6.07, 6.45) is 6.79. The van der Waals surface area contributed by atoms with Crippen molar-refractivity contribution >= 4 is 6.08 Å². The third-order valence-corrected chi connectivity index (χ3v) is 4.12. The van der Waals surface area contributed by atoms with Gasteiger partial charge in [0.15, 0.2) is 0 Å². The normalized spacial score (nSPS) is 19.2. The SMILES string of the molecule is CC1(C)CCC(c2ccc(CN=C=O)cc2)CC1. The van der Waals surface area contributed by atoms with Crippen LogP contribution in [-0.4, -0.2) is 6.08 Å². The number of hydrogen-bond donors (Lipinski definition) is 0. The van der Waals surface area contributed by atoms with Gasteiger partial charge in [-0.1, -0.05) is 38.1 Å². The van der Waals surface area contributed by atoms with Crippen molar-refractivity contribution in [2.45, 2.75) is 52.0 Å². The summed E-state index contributed by atoms with van der Waals surface area (Å²) in [4.78, 5) is 13.7. The summed E-state index contributed by atoms with van der Waals surface area (Å²) < 4.78 is 0. The Labute approximate surface area is 109 Å². The minimum atomic E-state index is 0.446. The van der Waals surface area contributed by atoms with E-state index in [1.807, 2.05) is 0 Å². The number of isocyanates is 1. The molecule has 0 atom stereocenters. The molecular weight excluding hydrogens is 222 g/mol. The fraction of sp³-hybridized carbons (Fsp3) is 0.562. The van der Waals surface area contributed by atoms with E-state index in [1.165, 1.54) is 31.2 Å². The van der Waals surface area contributed by atoms with Gasteiger partial charge in [0, 0.05) is 0 Å². The zero-order valence-electron chi connectivity index (χ0n) is 11.3. The Morgan fingerprint density at radius 2 is 1.83 bits per heavy atom. The first-order valence-corrected chi connectivity index (χ1v) is 6.73. The lowest BCUT2D eigenvalue weighted by atomic mass is 9.71. The molecule has 0 aliphatic heterocycles. The standard InChI is InChI=1S/C16H21NO/c1-16(2)9-7-15(8-10-16)14-5-3-13(4-6-14)11-17-12-18/h3-6,15H,7-11H2,1-2H3. The maximum atomic E-state index is 10.1. The van der Waals surface area contributed by atoms with Gasteiger partial charge in [0.1, 0.15) is 0 Å². The summed E-state index contributed by atoms with van der Waals surface area (Å²) in [5.41, 5.74) is 3.04. The molecule has 2 heteroatoms. The van der Waals surface area contributed by atoms with Gasteiger partial charge in [-0.3, -0.25) is 0 Å². The Morgan fingerprint density at radius 1 is 1.22 bits per heavy atom. The molecule has 0 spiro atoms. The van der Waals surface area contributed by atoms with E-state index in [1.54, 1.807) is 6.08 Å². The van der Waals surface area contributed by atoms with Gasteiger partial charge in [0.25, 0.3) is 0 Å². The van der Waals surface area contributed by atoms with Gasteiger partial charge in [-0.25, -0.2) is 9.79 Å². The molecule has 2 nitrogen and oxygen atoms in total. The summed E-state index contributed by atoms with van der Waals surface area (Å²) >= 11 is 0. The van der Waals surface area contributed by atoms with Crippen LogP contribution in [0.5, 0.6) is 0 Å². The fourth-order valence-corrected chi connectivity index (χ4v) is 2.75. The molecule has 96 valence electrons. The number of carbonyl (C=O) groups excluding carboxylic acids is 1. The molecule has 2 rings (SSSR count). The van der Waals surface area contributed by atoms with E-state index in [4.69, 9.17) is 0 Å². The first-order chi connectivity index (χ1) is 8.61. The first kappa shape index (κ1) is 13.0. The Morgan fingerprint density at radius 3 is 2.39 bits per heavy atom. The largest absolute Gasteiger partial charge is 0.235 e. The summed E-state index contributed by atoms with van der Waals surface area (Å²) in [6.45, 7) is 5.18. The van der Waals surface area contributed by atoms with E-state index >= 15 is 0 Å². The number of rotatable bonds is 3. The Hall–Kier alpha value is -1.40. The second-order valence-corrected chi connectivity index (χ2v) is 6.09. The lowest BCUT2D eigenvalue weighted by Crippen LogP contribution is -2.20. The quantitative estimate of drug-likeness (QED) is 0.577. The first-order valence-electron chi connectivity index (χ1n) is 6.73. The van der Waals surface area contributed by atoms with E-state index in [0.29, 0.717) is 17.9 Å². The van der Waals surface area contributed by atoms with Crippen LogP contribution in [0.2, 0.25) is 0 Å². The van der Waals surface area contributed by atoms with Gasteiger partial charge in [0.2, 0.25) is 6.08 Å². The lowest BCUT2D eigenvalue weighted by molar-refractivity contribution is 0.224. The molecule has 0 saturated heterocycles. The van der Waals surface area contributed by atoms with Crippen LogP contribution >= 0.6 is 0 Å². The zero-order valence-corrected chi connectivity index (χ0v) is 11.3. The second-order valence-electron chi connectivity index (χ2n) is 6.09.